The molecule has 0 aliphatic heterocycles. The molecule has 4 aromatic rings. The normalized spacial score (nSPS) is 11.7. The second-order valence-electron chi connectivity index (χ2n) is 5.99. The van der Waals surface area contributed by atoms with Gasteiger partial charge in [0.15, 0.2) is 0 Å². The SMILES string of the molecule is C[C@H](Nc1nccc(-n2cnc3ccc(N=[N+]=[N-])cc32)n1)c1ccccc1. The topological polar surface area (TPSA) is 104 Å². The van der Waals surface area contributed by atoms with E-state index in [-0.39, 0.29) is 6.04 Å². The highest BCUT2D eigenvalue weighted by Crippen LogP contribution is 2.23. The van der Waals surface area contributed by atoms with Gasteiger partial charge in [-0.25, -0.2) is 9.97 Å². The maximum absolute atomic E-state index is 8.65. The van der Waals surface area contributed by atoms with Gasteiger partial charge in [-0.3, -0.25) is 4.57 Å². The number of hydrogen-bond acceptors (Lipinski definition) is 5. The standard InChI is InChI=1S/C19H16N8/c1-13(14-5-3-2-4-6-14)23-19-21-10-9-18(24-19)27-12-22-16-8-7-15(25-26-20)11-17(16)27/h2-13H,1H3,(H,21,23,24)/t13-/m0/s1. The summed E-state index contributed by atoms with van der Waals surface area (Å²) in [6.45, 7) is 2.06. The van der Waals surface area contributed by atoms with Gasteiger partial charge >= 0.3 is 0 Å². The van der Waals surface area contributed by atoms with Crippen LogP contribution < -0.4 is 5.32 Å². The van der Waals surface area contributed by atoms with Gasteiger partial charge in [-0.05, 0) is 36.2 Å². The van der Waals surface area contributed by atoms with E-state index in [4.69, 9.17) is 5.53 Å². The number of benzene rings is 2. The number of hydrogen-bond donors (Lipinski definition) is 1. The molecule has 0 saturated carbocycles. The van der Waals surface area contributed by atoms with Crippen molar-refractivity contribution in [1.29, 1.82) is 0 Å². The van der Waals surface area contributed by atoms with Crippen LogP contribution in [0.5, 0.6) is 0 Å². The monoisotopic (exact) mass is 356 g/mol. The molecule has 2 aromatic carbocycles. The van der Waals surface area contributed by atoms with Crippen LogP contribution in [-0.4, -0.2) is 19.5 Å². The van der Waals surface area contributed by atoms with Gasteiger partial charge in [0.25, 0.3) is 0 Å². The number of nitrogens with zero attached hydrogens (tertiary/aromatic N) is 7. The molecule has 1 N–H and O–H groups in total. The van der Waals surface area contributed by atoms with Gasteiger partial charge in [0, 0.05) is 16.8 Å². The minimum Gasteiger partial charge on any atom is -0.348 e. The molecule has 2 heterocycles. The Labute approximate surface area is 155 Å². The Bertz CT molecular complexity index is 1130. The lowest BCUT2D eigenvalue weighted by Gasteiger charge is -2.14. The van der Waals surface area contributed by atoms with Crippen molar-refractivity contribution in [3.8, 4) is 5.82 Å². The third kappa shape index (κ3) is 3.42. The van der Waals surface area contributed by atoms with E-state index in [1.165, 1.54) is 0 Å². The Hall–Kier alpha value is -3.90. The van der Waals surface area contributed by atoms with Crippen LogP contribution in [0, 0.1) is 0 Å². The number of imidazole rings is 1. The summed E-state index contributed by atoms with van der Waals surface area (Å²) < 4.78 is 1.84. The zero-order chi connectivity index (χ0) is 18.6. The van der Waals surface area contributed by atoms with Crippen molar-refractivity contribution < 1.29 is 0 Å². The first-order valence-electron chi connectivity index (χ1n) is 8.42. The molecule has 0 aliphatic carbocycles. The minimum absolute atomic E-state index is 0.0672. The molecule has 0 aliphatic rings. The van der Waals surface area contributed by atoms with Gasteiger partial charge < -0.3 is 5.32 Å². The van der Waals surface area contributed by atoms with Crippen molar-refractivity contribution in [1.82, 2.24) is 19.5 Å². The fraction of sp³-hybridized carbons (Fsp3) is 0.105. The van der Waals surface area contributed by atoms with Crippen LogP contribution in [0.1, 0.15) is 18.5 Å². The first-order chi connectivity index (χ1) is 13.2. The van der Waals surface area contributed by atoms with Crippen molar-refractivity contribution in [3.05, 3.63) is 83.1 Å². The van der Waals surface area contributed by atoms with E-state index >= 15 is 0 Å². The molecule has 8 heteroatoms. The second kappa shape index (κ2) is 7.15. The Morgan fingerprint density at radius 2 is 1.96 bits per heavy atom. The van der Waals surface area contributed by atoms with Crippen LogP contribution in [0.3, 0.4) is 0 Å². The van der Waals surface area contributed by atoms with Gasteiger partial charge in [0.1, 0.15) is 12.1 Å². The molecular formula is C19H16N8. The van der Waals surface area contributed by atoms with Crippen molar-refractivity contribution in [2.24, 2.45) is 5.11 Å². The average molecular weight is 356 g/mol. The molecule has 0 fully saturated rings. The van der Waals surface area contributed by atoms with Gasteiger partial charge in [0.05, 0.1) is 17.1 Å². The number of rotatable bonds is 5. The lowest BCUT2D eigenvalue weighted by molar-refractivity contribution is 0.854. The van der Waals surface area contributed by atoms with E-state index in [0.29, 0.717) is 17.5 Å². The summed E-state index contributed by atoms with van der Waals surface area (Å²) in [6, 6.07) is 17.3. The lowest BCUT2D eigenvalue weighted by atomic mass is 10.1. The third-order valence-corrected chi connectivity index (χ3v) is 4.22. The van der Waals surface area contributed by atoms with Crippen LogP contribution >= 0.6 is 0 Å². The summed E-state index contributed by atoms with van der Waals surface area (Å²) in [4.78, 5) is 16.1. The third-order valence-electron chi connectivity index (χ3n) is 4.22. The summed E-state index contributed by atoms with van der Waals surface area (Å²) >= 11 is 0. The van der Waals surface area contributed by atoms with Gasteiger partial charge in [-0.15, -0.1) is 0 Å². The van der Waals surface area contributed by atoms with E-state index in [2.05, 4.69) is 49.4 Å². The number of nitrogens with one attached hydrogen (secondary N) is 1. The van der Waals surface area contributed by atoms with Crippen molar-refractivity contribution in [2.45, 2.75) is 13.0 Å². The summed E-state index contributed by atoms with van der Waals surface area (Å²) in [6.07, 6.45) is 3.39. The summed E-state index contributed by atoms with van der Waals surface area (Å²) in [5, 5.41) is 6.97. The molecule has 0 amide bonds. The van der Waals surface area contributed by atoms with Crippen molar-refractivity contribution >= 4 is 22.7 Å². The highest BCUT2D eigenvalue weighted by molar-refractivity contribution is 5.80. The fourth-order valence-electron chi connectivity index (χ4n) is 2.86. The Morgan fingerprint density at radius 3 is 2.78 bits per heavy atom. The van der Waals surface area contributed by atoms with Crippen LogP contribution in [0.15, 0.2) is 72.2 Å². The number of azide groups is 1. The Morgan fingerprint density at radius 1 is 1.11 bits per heavy atom. The first-order valence-corrected chi connectivity index (χ1v) is 8.42. The van der Waals surface area contributed by atoms with E-state index < -0.39 is 0 Å². The fourth-order valence-corrected chi connectivity index (χ4v) is 2.86. The highest BCUT2D eigenvalue weighted by Gasteiger charge is 2.10. The largest absolute Gasteiger partial charge is 0.348 e. The second-order valence-corrected chi connectivity index (χ2v) is 5.99. The molecule has 132 valence electrons. The molecule has 0 saturated heterocycles. The van der Waals surface area contributed by atoms with Gasteiger partial charge in [0.2, 0.25) is 5.95 Å². The molecule has 27 heavy (non-hydrogen) atoms. The predicted molar refractivity (Wildman–Crippen MR) is 104 cm³/mol. The maximum atomic E-state index is 8.65. The molecular weight excluding hydrogens is 340 g/mol. The Kier molecular flexibility index (Phi) is 4.38. The van der Waals surface area contributed by atoms with E-state index in [1.807, 2.05) is 28.8 Å². The van der Waals surface area contributed by atoms with E-state index in [0.717, 1.165) is 16.6 Å². The van der Waals surface area contributed by atoms with Gasteiger partial charge in [-0.2, -0.15) is 4.98 Å². The number of aromatic nitrogens is 4. The summed E-state index contributed by atoms with van der Waals surface area (Å²) in [7, 11) is 0. The quantitative estimate of drug-likeness (QED) is 0.311. The minimum atomic E-state index is 0.0672. The van der Waals surface area contributed by atoms with Crippen molar-refractivity contribution in [2.75, 3.05) is 5.32 Å². The smallest absolute Gasteiger partial charge is 0.225 e. The molecule has 8 nitrogen and oxygen atoms in total. The average Bonchev–Trinajstić information content (AvgIpc) is 3.12. The molecule has 4 rings (SSSR count). The van der Waals surface area contributed by atoms with Crippen molar-refractivity contribution in [3.63, 3.8) is 0 Å². The highest BCUT2D eigenvalue weighted by atomic mass is 15.2. The molecule has 0 bridgehead atoms. The number of fused-ring (bicyclic) bond motifs is 1. The molecule has 0 spiro atoms. The van der Waals surface area contributed by atoms with E-state index in [9.17, 15) is 0 Å². The van der Waals surface area contributed by atoms with Crippen LogP contribution in [-0.2, 0) is 0 Å². The zero-order valence-corrected chi connectivity index (χ0v) is 14.6. The van der Waals surface area contributed by atoms with Crippen LogP contribution in [0.4, 0.5) is 11.6 Å². The summed E-state index contributed by atoms with van der Waals surface area (Å²) in [5.41, 5.74) is 11.9. The van der Waals surface area contributed by atoms with Crippen LogP contribution in [0.2, 0.25) is 0 Å². The molecule has 0 unspecified atom stereocenters. The summed E-state index contributed by atoms with van der Waals surface area (Å²) in [5.74, 6) is 1.20. The molecule has 1 atom stereocenters. The number of anilines is 1. The zero-order valence-electron chi connectivity index (χ0n) is 14.6. The predicted octanol–water partition coefficient (Wildman–Crippen LogP) is 4.93. The van der Waals surface area contributed by atoms with Crippen LogP contribution in [0.25, 0.3) is 27.3 Å². The van der Waals surface area contributed by atoms with E-state index in [1.54, 1.807) is 30.7 Å². The molecule has 2 aromatic heterocycles. The lowest BCUT2D eigenvalue weighted by Crippen LogP contribution is -2.10. The Balaban J connectivity index is 1.67. The first kappa shape index (κ1) is 16.6. The maximum Gasteiger partial charge on any atom is 0.225 e. The van der Waals surface area contributed by atoms with Gasteiger partial charge in [-0.1, -0.05) is 41.5 Å². The molecule has 0 radical (unpaired) electrons.